The predicted molar refractivity (Wildman–Crippen MR) is 96.0 cm³/mol. The lowest BCUT2D eigenvalue weighted by Crippen LogP contribution is -2.31. The van der Waals surface area contributed by atoms with Crippen LogP contribution in [0, 0.1) is 0 Å². The Balaban J connectivity index is 1.45. The molecule has 2 aromatic rings. The van der Waals surface area contributed by atoms with Gasteiger partial charge in [-0.2, -0.15) is 5.10 Å². The zero-order chi connectivity index (χ0) is 18.4. The Labute approximate surface area is 152 Å². The van der Waals surface area contributed by atoms with Crippen LogP contribution in [0.5, 0.6) is 0 Å². The molecule has 1 aliphatic carbocycles. The van der Waals surface area contributed by atoms with Gasteiger partial charge >= 0.3 is 0 Å². The van der Waals surface area contributed by atoms with Crippen LogP contribution in [0.25, 0.3) is 0 Å². The fourth-order valence-corrected chi connectivity index (χ4v) is 4.10. The normalized spacial score (nSPS) is 14.0. The van der Waals surface area contributed by atoms with Gasteiger partial charge in [0, 0.05) is 25.9 Å². The van der Waals surface area contributed by atoms with Crippen LogP contribution >= 0.6 is 0 Å². The number of H-pyrrole nitrogens is 1. The molecular formula is C17H23N5O3S. The van der Waals surface area contributed by atoms with Gasteiger partial charge in [0.15, 0.2) is 0 Å². The number of carbonyl (C=O) groups excluding carboxylic acids is 1. The van der Waals surface area contributed by atoms with Gasteiger partial charge in [0.05, 0.1) is 4.90 Å². The summed E-state index contributed by atoms with van der Waals surface area (Å²) in [6.07, 6.45) is 6.23. The van der Waals surface area contributed by atoms with Crippen molar-refractivity contribution in [2.45, 2.75) is 43.4 Å². The first-order valence-electron chi connectivity index (χ1n) is 8.77. The van der Waals surface area contributed by atoms with Crippen molar-refractivity contribution in [1.82, 2.24) is 25.2 Å². The van der Waals surface area contributed by atoms with Crippen molar-refractivity contribution in [2.75, 3.05) is 13.1 Å². The Morgan fingerprint density at radius 2 is 1.96 bits per heavy atom. The van der Waals surface area contributed by atoms with E-state index in [1.165, 1.54) is 11.9 Å². The summed E-state index contributed by atoms with van der Waals surface area (Å²) in [6.45, 7) is 0.485. The highest BCUT2D eigenvalue weighted by Crippen LogP contribution is 2.23. The second kappa shape index (κ2) is 8.41. The lowest BCUT2D eigenvalue weighted by molar-refractivity contribution is -0.120. The summed E-state index contributed by atoms with van der Waals surface area (Å²) in [7, 11) is -3.60. The Kier molecular flexibility index (Phi) is 6.00. The van der Waals surface area contributed by atoms with E-state index in [1.54, 1.807) is 12.1 Å². The summed E-state index contributed by atoms with van der Waals surface area (Å²) in [6, 6.07) is 5.30. The minimum Gasteiger partial charge on any atom is -0.356 e. The molecule has 3 N–H and O–H groups in total. The van der Waals surface area contributed by atoms with Gasteiger partial charge in [-0.15, -0.1) is 0 Å². The number of carbonyl (C=O) groups is 1. The largest absolute Gasteiger partial charge is 0.356 e. The van der Waals surface area contributed by atoms with Gasteiger partial charge in [-0.25, -0.2) is 18.1 Å². The van der Waals surface area contributed by atoms with Gasteiger partial charge in [-0.3, -0.25) is 9.89 Å². The molecule has 1 aromatic heterocycles. The molecule has 1 amide bonds. The molecule has 3 rings (SSSR count). The van der Waals surface area contributed by atoms with Crippen molar-refractivity contribution in [3.8, 4) is 0 Å². The van der Waals surface area contributed by atoms with Crippen molar-refractivity contribution in [3.63, 3.8) is 0 Å². The Morgan fingerprint density at radius 3 is 2.73 bits per heavy atom. The first kappa shape index (κ1) is 18.5. The number of rotatable bonds is 8. The van der Waals surface area contributed by atoms with Crippen LogP contribution in [0.2, 0.25) is 0 Å². The topological polar surface area (TPSA) is 117 Å². The molecule has 0 saturated heterocycles. The summed E-state index contributed by atoms with van der Waals surface area (Å²) in [5, 5.41) is 9.16. The number of hydrogen-bond donors (Lipinski definition) is 3. The van der Waals surface area contributed by atoms with Gasteiger partial charge in [0.2, 0.25) is 15.9 Å². The standard InChI is InChI=1S/C17H23N5O3S/c23-17(18-9-7-16-19-12-20-22-16)8-10-21-26(24,25)15-6-5-13-3-1-2-4-14(13)11-15/h5-6,11-12,21H,1-4,7-10H2,(H,18,23)(H,19,20,22). The zero-order valence-electron chi connectivity index (χ0n) is 14.5. The highest BCUT2D eigenvalue weighted by Gasteiger charge is 2.17. The van der Waals surface area contributed by atoms with Crippen molar-refractivity contribution in [3.05, 3.63) is 41.5 Å². The highest BCUT2D eigenvalue weighted by molar-refractivity contribution is 7.89. The molecule has 0 atom stereocenters. The summed E-state index contributed by atoms with van der Waals surface area (Å²) in [5.41, 5.74) is 2.35. The monoisotopic (exact) mass is 377 g/mol. The third kappa shape index (κ3) is 4.89. The molecule has 26 heavy (non-hydrogen) atoms. The van der Waals surface area contributed by atoms with Crippen LogP contribution in [-0.2, 0) is 34.1 Å². The van der Waals surface area contributed by atoms with Gasteiger partial charge < -0.3 is 5.32 Å². The maximum absolute atomic E-state index is 12.4. The molecule has 9 heteroatoms. The lowest BCUT2D eigenvalue weighted by Gasteiger charge is -2.16. The number of nitrogens with one attached hydrogen (secondary N) is 3. The molecule has 140 valence electrons. The quantitative estimate of drug-likeness (QED) is 0.626. The molecule has 0 bridgehead atoms. The van der Waals surface area contributed by atoms with Crippen LogP contribution in [0.4, 0.5) is 0 Å². The Bertz CT molecular complexity index is 849. The smallest absolute Gasteiger partial charge is 0.240 e. The maximum Gasteiger partial charge on any atom is 0.240 e. The van der Waals surface area contributed by atoms with E-state index >= 15 is 0 Å². The number of fused-ring (bicyclic) bond motifs is 1. The van der Waals surface area contributed by atoms with Gasteiger partial charge in [-0.05, 0) is 48.9 Å². The van der Waals surface area contributed by atoms with E-state index in [9.17, 15) is 13.2 Å². The maximum atomic E-state index is 12.4. The molecule has 1 heterocycles. The summed E-state index contributed by atoms with van der Waals surface area (Å²) >= 11 is 0. The van der Waals surface area contributed by atoms with E-state index in [0.717, 1.165) is 31.2 Å². The van der Waals surface area contributed by atoms with Gasteiger partial charge in [-0.1, -0.05) is 6.07 Å². The van der Waals surface area contributed by atoms with E-state index in [4.69, 9.17) is 0 Å². The van der Waals surface area contributed by atoms with Crippen molar-refractivity contribution in [1.29, 1.82) is 0 Å². The predicted octanol–water partition coefficient (Wildman–Crippen LogP) is 0.711. The van der Waals surface area contributed by atoms with Crippen LogP contribution in [-0.4, -0.2) is 42.6 Å². The highest BCUT2D eigenvalue weighted by atomic mass is 32.2. The van der Waals surface area contributed by atoms with Gasteiger partial charge in [0.25, 0.3) is 0 Å². The molecule has 0 saturated carbocycles. The lowest BCUT2D eigenvalue weighted by atomic mass is 9.92. The number of aromatic nitrogens is 3. The van der Waals surface area contributed by atoms with E-state index in [-0.39, 0.29) is 23.8 Å². The van der Waals surface area contributed by atoms with Crippen LogP contribution in [0.1, 0.15) is 36.2 Å². The fourth-order valence-electron chi connectivity index (χ4n) is 3.02. The summed E-state index contributed by atoms with van der Waals surface area (Å²) in [5.74, 6) is 0.482. The Morgan fingerprint density at radius 1 is 1.15 bits per heavy atom. The minimum atomic E-state index is -3.60. The van der Waals surface area contributed by atoms with Crippen LogP contribution in [0.3, 0.4) is 0 Å². The van der Waals surface area contributed by atoms with Crippen LogP contribution in [0.15, 0.2) is 29.4 Å². The van der Waals surface area contributed by atoms with E-state index in [2.05, 4.69) is 25.2 Å². The molecular weight excluding hydrogens is 354 g/mol. The molecule has 0 aliphatic heterocycles. The second-order valence-electron chi connectivity index (χ2n) is 6.32. The van der Waals surface area contributed by atoms with E-state index < -0.39 is 10.0 Å². The molecule has 1 aromatic carbocycles. The Hall–Kier alpha value is -2.26. The molecule has 0 unspecified atom stereocenters. The van der Waals surface area contributed by atoms with E-state index in [0.29, 0.717) is 18.8 Å². The van der Waals surface area contributed by atoms with Crippen molar-refractivity contribution >= 4 is 15.9 Å². The average molecular weight is 377 g/mol. The average Bonchev–Trinajstić information content (AvgIpc) is 3.14. The summed E-state index contributed by atoms with van der Waals surface area (Å²) in [4.78, 5) is 16.0. The van der Waals surface area contributed by atoms with Gasteiger partial charge in [0.1, 0.15) is 12.2 Å². The first-order valence-corrected chi connectivity index (χ1v) is 10.3. The number of nitrogens with zero attached hydrogens (tertiary/aromatic N) is 2. The summed E-state index contributed by atoms with van der Waals surface area (Å²) < 4.78 is 27.3. The number of sulfonamides is 1. The number of hydrogen-bond acceptors (Lipinski definition) is 5. The fraction of sp³-hybridized carbons (Fsp3) is 0.471. The molecule has 0 spiro atoms. The number of aryl methyl sites for hydroxylation is 2. The third-order valence-corrected chi connectivity index (χ3v) is 5.88. The third-order valence-electron chi connectivity index (χ3n) is 4.42. The molecule has 0 radical (unpaired) electrons. The van der Waals surface area contributed by atoms with E-state index in [1.807, 2.05) is 6.07 Å². The SMILES string of the molecule is O=C(CCNS(=O)(=O)c1ccc2c(c1)CCCC2)NCCc1ncn[nH]1. The van der Waals surface area contributed by atoms with Crippen LogP contribution < -0.4 is 10.0 Å². The zero-order valence-corrected chi connectivity index (χ0v) is 15.3. The second-order valence-corrected chi connectivity index (χ2v) is 8.08. The number of benzene rings is 1. The first-order chi connectivity index (χ1) is 12.5. The minimum absolute atomic E-state index is 0.0631. The molecule has 1 aliphatic rings. The molecule has 0 fully saturated rings. The molecule has 8 nitrogen and oxygen atoms in total. The number of amides is 1. The van der Waals surface area contributed by atoms with Crippen molar-refractivity contribution in [2.24, 2.45) is 0 Å². The van der Waals surface area contributed by atoms with Crippen molar-refractivity contribution < 1.29 is 13.2 Å². The number of aromatic amines is 1.